The van der Waals surface area contributed by atoms with Crippen LogP contribution in [-0.2, 0) is 4.74 Å². The number of ether oxygens (including phenoxy) is 1. The highest BCUT2D eigenvalue weighted by Crippen LogP contribution is 2.20. The Kier molecular flexibility index (Phi) is 5.22. The normalized spacial score (nSPS) is 28.9. The van der Waals surface area contributed by atoms with Crippen LogP contribution in [0.5, 0.6) is 0 Å². The zero-order valence-corrected chi connectivity index (χ0v) is 11.3. The van der Waals surface area contributed by atoms with E-state index in [1.165, 1.54) is 45.4 Å². The molecule has 1 N–H and O–H groups in total. The zero-order valence-electron chi connectivity index (χ0n) is 11.3. The van der Waals surface area contributed by atoms with Gasteiger partial charge in [-0.3, -0.25) is 9.80 Å². The number of piperazine rings is 1. The van der Waals surface area contributed by atoms with Gasteiger partial charge in [-0.15, -0.1) is 0 Å². The molecule has 17 heavy (non-hydrogen) atoms. The first-order valence-corrected chi connectivity index (χ1v) is 6.96. The first-order chi connectivity index (χ1) is 8.33. The molecule has 0 radical (unpaired) electrons. The molecule has 0 aromatic heterocycles. The molecule has 2 aliphatic rings. The second-order valence-corrected chi connectivity index (χ2v) is 5.39. The van der Waals surface area contributed by atoms with Crippen LogP contribution in [0.1, 0.15) is 19.3 Å². The fraction of sp³-hybridized carbons (Fsp3) is 1.00. The van der Waals surface area contributed by atoms with Crippen molar-refractivity contribution in [3.8, 4) is 0 Å². The molecule has 0 amide bonds. The number of hydrogen-bond acceptors (Lipinski definition) is 4. The van der Waals surface area contributed by atoms with Crippen LogP contribution in [-0.4, -0.2) is 75.4 Å². The Morgan fingerprint density at radius 3 is 2.94 bits per heavy atom. The van der Waals surface area contributed by atoms with E-state index < -0.39 is 0 Å². The molecular formula is C13H27N3O. The minimum Gasteiger partial charge on any atom is -0.383 e. The number of likely N-dealkylation sites (N-methyl/N-ethyl adjacent to an activating group) is 1. The summed E-state index contributed by atoms with van der Waals surface area (Å²) >= 11 is 0. The molecule has 100 valence electrons. The van der Waals surface area contributed by atoms with E-state index in [9.17, 15) is 0 Å². The Labute approximate surface area is 105 Å². The smallest absolute Gasteiger partial charge is 0.0628 e. The van der Waals surface area contributed by atoms with Gasteiger partial charge in [-0.25, -0.2) is 0 Å². The largest absolute Gasteiger partial charge is 0.383 e. The first-order valence-electron chi connectivity index (χ1n) is 6.96. The van der Waals surface area contributed by atoms with Gasteiger partial charge in [0.25, 0.3) is 0 Å². The second kappa shape index (κ2) is 6.69. The molecule has 2 atom stereocenters. The molecule has 0 bridgehead atoms. The number of nitrogens with one attached hydrogen (secondary N) is 1. The van der Waals surface area contributed by atoms with Crippen molar-refractivity contribution in [2.75, 3.05) is 53.5 Å². The van der Waals surface area contributed by atoms with E-state index in [-0.39, 0.29) is 0 Å². The molecule has 0 saturated carbocycles. The van der Waals surface area contributed by atoms with Gasteiger partial charge >= 0.3 is 0 Å². The fourth-order valence-corrected chi connectivity index (χ4v) is 3.13. The maximum Gasteiger partial charge on any atom is 0.0628 e. The molecule has 2 rings (SSSR count). The van der Waals surface area contributed by atoms with E-state index in [1.807, 2.05) is 7.05 Å². The standard InChI is InChI=1S/C13H27N3O/c1-14-12(11-17-2)9-15-7-8-16-6-4-3-5-13(16)10-15/h12-14H,3-11H2,1-2H3. The molecule has 2 unspecified atom stereocenters. The number of fused-ring (bicyclic) bond motifs is 1. The summed E-state index contributed by atoms with van der Waals surface area (Å²) in [7, 11) is 3.81. The lowest BCUT2D eigenvalue weighted by Gasteiger charge is -2.44. The monoisotopic (exact) mass is 241 g/mol. The SMILES string of the molecule is CNC(COC)CN1CCN2CCCCC2C1. The Balaban J connectivity index is 1.78. The topological polar surface area (TPSA) is 27.7 Å². The number of piperidine rings is 1. The van der Waals surface area contributed by atoms with Gasteiger partial charge in [0.05, 0.1) is 6.61 Å². The second-order valence-electron chi connectivity index (χ2n) is 5.39. The lowest BCUT2D eigenvalue weighted by atomic mass is 9.99. The molecule has 0 spiro atoms. The van der Waals surface area contributed by atoms with E-state index in [0.29, 0.717) is 6.04 Å². The first kappa shape index (κ1) is 13.3. The van der Waals surface area contributed by atoms with Crippen LogP contribution in [0.2, 0.25) is 0 Å². The van der Waals surface area contributed by atoms with Crippen molar-refractivity contribution in [2.45, 2.75) is 31.3 Å². The fourth-order valence-electron chi connectivity index (χ4n) is 3.13. The summed E-state index contributed by atoms with van der Waals surface area (Å²) in [6.07, 6.45) is 4.22. The lowest BCUT2D eigenvalue weighted by Crippen LogP contribution is -2.57. The van der Waals surface area contributed by atoms with Crippen molar-refractivity contribution >= 4 is 0 Å². The Hall–Kier alpha value is -0.160. The van der Waals surface area contributed by atoms with Gasteiger partial charge in [0, 0.05) is 45.4 Å². The third kappa shape index (κ3) is 3.65. The summed E-state index contributed by atoms with van der Waals surface area (Å²) in [4.78, 5) is 5.29. The zero-order chi connectivity index (χ0) is 12.1. The molecule has 2 fully saturated rings. The predicted molar refractivity (Wildman–Crippen MR) is 70.4 cm³/mol. The minimum atomic E-state index is 0.468. The van der Waals surface area contributed by atoms with Crippen molar-refractivity contribution in [3.63, 3.8) is 0 Å². The summed E-state index contributed by atoms with van der Waals surface area (Å²) in [6, 6.07) is 1.28. The van der Waals surface area contributed by atoms with Crippen molar-refractivity contribution in [1.82, 2.24) is 15.1 Å². The van der Waals surface area contributed by atoms with Crippen molar-refractivity contribution in [1.29, 1.82) is 0 Å². The van der Waals surface area contributed by atoms with Crippen molar-refractivity contribution in [2.24, 2.45) is 0 Å². The molecular weight excluding hydrogens is 214 g/mol. The highest BCUT2D eigenvalue weighted by molar-refractivity contribution is 4.86. The quantitative estimate of drug-likeness (QED) is 0.754. The summed E-state index contributed by atoms with van der Waals surface area (Å²) in [6.45, 7) is 6.98. The van der Waals surface area contributed by atoms with Crippen molar-refractivity contribution in [3.05, 3.63) is 0 Å². The third-order valence-corrected chi connectivity index (χ3v) is 4.18. The molecule has 0 aromatic carbocycles. The molecule has 2 aliphatic heterocycles. The van der Waals surface area contributed by atoms with Crippen LogP contribution in [0.3, 0.4) is 0 Å². The number of methoxy groups -OCH3 is 1. The van der Waals surface area contributed by atoms with Gasteiger partial charge in [-0.1, -0.05) is 6.42 Å². The van der Waals surface area contributed by atoms with Gasteiger partial charge in [-0.2, -0.15) is 0 Å². The average molecular weight is 241 g/mol. The van der Waals surface area contributed by atoms with Crippen LogP contribution >= 0.6 is 0 Å². The van der Waals surface area contributed by atoms with E-state index in [2.05, 4.69) is 15.1 Å². The van der Waals surface area contributed by atoms with E-state index in [4.69, 9.17) is 4.74 Å². The van der Waals surface area contributed by atoms with Gasteiger partial charge in [-0.05, 0) is 26.4 Å². The number of nitrogens with zero attached hydrogens (tertiary/aromatic N) is 2. The summed E-state index contributed by atoms with van der Waals surface area (Å²) in [5.41, 5.74) is 0. The van der Waals surface area contributed by atoms with Crippen LogP contribution in [0, 0.1) is 0 Å². The molecule has 2 saturated heterocycles. The Morgan fingerprint density at radius 1 is 1.29 bits per heavy atom. The minimum absolute atomic E-state index is 0.468. The predicted octanol–water partition coefficient (Wildman–Crippen LogP) is 0.391. The summed E-state index contributed by atoms with van der Waals surface area (Å²) in [5.74, 6) is 0. The maximum absolute atomic E-state index is 5.24. The van der Waals surface area contributed by atoms with Crippen LogP contribution in [0.15, 0.2) is 0 Å². The molecule has 0 aliphatic carbocycles. The Morgan fingerprint density at radius 2 is 2.18 bits per heavy atom. The van der Waals surface area contributed by atoms with E-state index in [0.717, 1.165) is 19.2 Å². The third-order valence-electron chi connectivity index (χ3n) is 4.18. The van der Waals surface area contributed by atoms with Gasteiger partial charge in [0.1, 0.15) is 0 Å². The molecule has 4 heteroatoms. The van der Waals surface area contributed by atoms with Crippen LogP contribution in [0.25, 0.3) is 0 Å². The Bertz CT molecular complexity index is 223. The number of rotatable bonds is 5. The summed E-state index contributed by atoms with van der Waals surface area (Å²) in [5, 5.41) is 3.34. The highest BCUT2D eigenvalue weighted by Gasteiger charge is 2.29. The van der Waals surface area contributed by atoms with Crippen molar-refractivity contribution < 1.29 is 4.74 Å². The van der Waals surface area contributed by atoms with Crippen LogP contribution in [0.4, 0.5) is 0 Å². The molecule has 4 nitrogen and oxygen atoms in total. The van der Waals surface area contributed by atoms with Gasteiger partial charge < -0.3 is 10.1 Å². The average Bonchev–Trinajstić information content (AvgIpc) is 2.38. The molecule has 2 heterocycles. The van der Waals surface area contributed by atoms with Gasteiger partial charge in [0.2, 0.25) is 0 Å². The van der Waals surface area contributed by atoms with E-state index in [1.54, 1.807) is 7.11 Å². The van der Waals surface area contributed by atoms with Gasteiger partial charge in [0.15, 0.2) is 0 Å². The van der Waals surface area contributed by atoms with E-state index >= 15 is 0 Å². The lowest BCUT2D eigenvalue weighted by molar-refractivity contribution is 0.0387. The number of hydrogen-bond donors (Lipinski definition) is 1. The molecule has 0 aromatic rings. The maximum atomic E-state index is 5.24. The van der Waals surface area contributed by atoms with Crippen LogP contribution < -0.4 is 5.32 Å². The summed E-state index contributed by atoms with van der Waals surface area (Å²) < 4.78 is 5.24. The highest BCUT2D eigenvalue weighted by atomic mass is 16.5.